The molecule has 0 amide bonds. The number of hydrogen-bond acceptors (Lipinski definition) is 3. The van der Waals surface area contributed by atoms with Gasteiger partial charge < -0.3 is 16.0 Å². The van der Waals surface area contributed by atoms with Crippen LogP contribution in [0.4, 0.5) is 11.4 Å². The minimum atomic E-state index is 0.538. The second-order valence-corrected chi connectivity index (χ2v) is 3.90. The fourth-order valence-corrected chi connectivity index (χ4v) is 1.78. The summed E-state index contributed by atoms with van der Waals surface area (Å²) in [7, 11) is 2.13. The molecule has 3 N–H and O–H groups in total. The van der Waals surface area contributed by atoms with Gasteiger partial charge in [-0.3, -0.25) is 0 Å². The molecule has 1 atom stereocenters. The highest BCUT2D eigenvalue weighted by Crippen LogP contribution is 2.30. The number of fused-ring (bicyclic) bond motifs is 1. The molecule has 1 aromatic carbocycles. The second-order valence-electron chi connectivity index (χ2n) is 3.90. The summed E-state index contributed by atoms with van der Waals surface area (Å²) in [5.41, 5.74) is 9.28. The van der Waals surface area contributed by atoms with Crippen LogP contribution in [0.15, 0.2) is 18.2 Å². The quantitative estimate of drug-likeness (QED) is 0.705. The molecular formula is C11H17N3. The van der Waals surface area contributed by atoms with Gasteiger partial charge in [0.1, 0.15) is 0 Å². The van der Waals surface area contributed by atoms with Gasteiger partial charge in [-0.25, -0.2) is 0 Å². The van der Waals surface area contributed by atoms with E-state index in [9.17, 15) is 0 Å². The van der Waals surface area contributed by atoms with Gasteiger partial charge in [0.15, 0.2) is 0 Å². The van der Waals surface area contributed by atoms with Gasteiger partial charge in [0.05, 0.1) is 11.4 Å². The first-order valence-electron chi connectivity index (χ1n) is 5.02. The zero-order valence-corrected chi connectivity index (χ0v) is 8.75. The monoisotopic (exact) mass is 191 g/mol. The summed E-state index contributed by atoms with van der Waals surface area (Å²) in [6, 6.07) is 6.89. The summed E-state index contributed by atoms with van der Waals surface area (Å²) in [4.78, 5) is 2.30. The highest BCUT2D eigenvalue weighted by Gasteiger charge is 2.18. The summed E-state index contributed by atoms with van der Waals surface area (Å²) in [6.07, 6.45) is 0. The average molecular weight is 191 g/mol. The predicted octanol–water partition coefficient (Wildman–Crippen LogP) is 1.40. The van der Waals surface area contributed by atoms with Crippen LogP contribution in [-0.2, 0) is 6.54 Å². The van der Waals surface area contributed by atoms with Crippen molar-refractivity contribution in [1.29, 1.82) is 0 Å². The summed E-state index contributed by atoms with van der Waals surface area (Å²) in [6.45, 7) is 3.83. The smallest absolute Gasteiger partial charge is 0.0605 e. The molecule has 2 rings (SSSR count). The maximum absolute atomic E-state index is 5.62. The van der Waals surface area contributed by atoms with Crippen LogP contribution < -0.4 is 16.0 Å². The van der Waals surface area contributed by atoms with Crippen LogP contribution >= 0.6 is 0 Å². The Morgan fingerprint density at radius 3 is 3.07 bits per heavy atom. The average Bonchev–Trinajstić information content (AvgIpc) is 2.23. The third kappa shape index (κ3) is 1.44. The number of anilines is 2. The van der Waals surface area contributed by atoms with Crippen LogP contribution in [0.1, 0.15) is 12.5 Å². The van der Waals surface area contributed by atoms with E-state index in [-0.39, 0.29) is 0 Å². The lowest BCUT2D eigenvalue weighted by Gasteiger charge is -2.34. The molecule has 14 heavy (non-hydrogen) atoms. The van der Waals surface area contributed by atoms with E-state index in [1.807, 2.05) is 0 Å². The van der Waals surface area contributed by atoms with E-state index in [1.165, 1.54) is 16.9 Å². The first kappa shape index (κ1) is 9.34. The first-order valence-corrected chi connectivity index (χ1v) is 5.02. The van der Waals surface area contributed by atoms with E-state index in [0.717, 1.165) is 6.54 Å². The summed E-state index contributed by atoms with van der Waals surface area (Å²) in [5.74, 6) is 0. The molecule has 3 heteroatoms. The Labute approximate surface area is 84.9 Å². The second kappa shape index (κ2) is 3.50. The molecule has 0 spiro atoms. The molecular weight excluding hydrogens is 174 g/mol. The maximum Gasteiger partial charge on any atom is 0.0605 e. The largest absolute Gasteiger partial charge is 0.381 e. The first-order chi connectivity index (χ1) is 6.72. The van der Waals surface area contributed by atoms with Crippen molar-refractivity contribution in [1.82, 2.24) is 0 Å². The lowest BCUT2D eigenvalue weighted by Crippen LogP contribution is -2.39. The van der Waals surface area contributed by atoms with E-state index in [1.54, 1.807) is 0 Å². The Kier molecular flexibility index (Phi) is 2.33. The molecule has 1 unspecified atom stereocenters. The highest BCUT2D eigenvalue weighted by atomic mass is 15.2. The predicted molar refractivity (Wildman–Crippen MR) is 60.7 cm³/mol. The third-order valence-electron chi connectivity index (χ3n) is 2.93. The van der Waals surface area contributed by atoms with Crippen molar-refractivity contribution >= 4 is 11.4 Å². The van der Waals surface area contributed by atoms with Crippen molar-refractivity contribution in [3.05, 3.63) is 23.8 Å². The van der Waals surface area contributed by atoms with Gasteiger partial charge in [0.25, 0.3) is 0 Å². The van der Waals surface area contributed by atoms with Crippen LogP contribution in [0.5, 0.6) is 0 Å². The van der Waals surface area contributed by atoms with Crippen molar-refractivity contribution < 1.29 is 0 Å². The Morgan fingerprint density at radius 2 is 2.36 bits per heavy atom. The number of nitrogens with two attached hydrogens (primary N) is 1. The normalized spacial score (nSPS) is 20.2. The summed E-state index contributed by atoms with van der Waals surface area (Å²) in [5, 5.41) is 3.41. The minimum Gasteiger partial charge on any atom is -0.381 e. The lowest BCUT2D eigenvalue weighted by atomic mass is 10.1. The van der Waals surface area contributed by atoms with Crippen molar-refractivity contribution in [2.24, 2.45) is 5.73 Å². The standard InChI is InChI=1S/C11H17N3/c1-8-7-13-10-4-3-9(6-12)5-11(10)14(8)2/h3-5,8,13H,6-7,12H2,1-2H3. The van der Waals surface area contributed by atoms with Crippen molar-refractivity contribution in [3.8, 4) is 0 Å². The molecule has 0 bridgehead atoms. The molecule has 3 nitrogen and oxygen atoms in total. The molecule has 0 aromatic heterocycles. The Hall–Kier alpha value is -1.22. The Bertz CT molecular complexity index is 335. The maximum atomic E-state index is 5.62. The molecule has 1 aromatic rings. The Morgan fingerprint density at radius 1 is 1.57 bits per heavy atom. The molecule has 0 radical (unpaired) electrons. The fourth-order valence-electron chi connectivity index (χ4n) is 1.78. The van der Waals surface area contributed by atoms with Gasteiger partial charge in [0.2, 0.25) is 0 Å². The van der Waals surface area contributed by atoms with E-state index in [4.69, 9.17) is 5.73 Å². The Balaban J connectivity index is 2.41. The van der Waals surface area contributed by atoms with Crippen molar-refractivity contribution in [3.63, 3.8) is 0 Å². The van der Waals surface area contributed by atoms with Gasteiger partial charge in [-0.05, 0) is 24.6 Å². The molecule has 0 saturated heterocycles. The highest BCUT2D eigenvalue weighted by molar-refractivity contribution is 5.73. The molecule has 1 aliphatic rings. The van der Waals surface area contributed by atoms with E-state index >= 15 is 0 Å². The van der Waals surface area contributed by atoms with Crippen molar-refractivity contribution in [2.45, 2.75) is 19.5 Å². The van der Waals surface area contributed by atoms with Gasteiger partial charge >= 0.3 is 0 Å². The van der Waals surface area contributed by atoms with Crippen molar-refractivity contribution in [2.75, 3.05) is 23.8 Å². The number of likely N-dealkylation sites (N-methyl/N-ethyl adjacent to an activating group) is 1. The lowest BCUT2D eigenvalue weighted by molar-refractivity contribution is 0.698. The number of benzene rings is 1. The van der Waals surface area contributed by atoms with Gasteiger partial charge in [-0.1, -0.05) is 6.07 Å². The molecule has 1 aliphatic heterocycles. The van der Waals surface area contributed by atoms with Gasteiger partial charge in [-0.2, -0.15) is 0 Å². The van der Waals surface area contributed by atoms with Crippen LogP contribution in [0.3, 0.4) is 0 Å². The van der Waals surface area contributed by atoms with Crippen LogP contribution in [-0.4, -0.2) is 19.6 Å². The molecule has 0 saturated carbocycles. The molecule has 1 heterocycles. The van der Waals surface area contributed by atoms with Crippen LogP contribution in [0.2, 0.25) is 0 Å². The summed E-state index contributed by atoms with van der Waals surface area (Å²) < 4.78 is 0. The summed E-state index contributed by atoms with van der Waals surface area (Å²) >= 11 is 0. The number of rotatable bonds is 1. The minimum absolute atomic E-state index is 0.538. The molecule has 0 fully saturated rings. The zero-order valence-electron chi connectivity index (χ0n) is 8.75. The molecule has 0 aliphatic carbocycles. The SMILES string of the molecule is CC1CNc2ccc(CN)cc2N1C. The zero-order chi connectivity index (χ0) is 10.1. The fraction of sp³-hybridized carbons (Fsp3) is 0.455. The number of nitrogens with zero attached hydrogens (tertiary/aromatic N) is 1. The van der Waals surface area contributed by atoms with Crippen LogP contribution in [0, 0.1) is 0 Å². The number of nitrogens with one attached hydrogen (secondary N) is 1. The van der Waals surface area contributed by atoms with E-state index in [2.05, 4.69) is 42.4 Å². The van der Waals surface area contributed by atoms with Crippen LogP contribution in [0.25, 0.3) is 0 Å². The topological polar surface area (TPSA) is 41.3 Å². The van der Waals surface area contributed by atoms with Gasteiger partial charge in [0, 0.05) is 26.2 Å². The van der Waals surface area contributed by atoms with E-state index < -0.39 is 0 Å². The third-order valence-corrected chi connectivity index (χ3v) is 2.93. The molecule has 76 valence electrons. The van der Waals surface area contributed by atoms with Gasteiger partial charge in [-0.15, -0.1) is 0 Å². The number of hydrogen-bond donors (Lipinski definition) is 2. The van der Waals surface area contributed by atoms with E-state index in [0.29, 0.717) is 12.6 Å².